The maximum Gasteiger partial charge on any atom is 0.169 e. The van der Waals surface area contributed by atoms with Gasteiger partial charge in [-0.05, 0) is 0 Å². The summed E-state index contributed by atoms with van der Waals surface area (Å²) in [6.07, 6.45) is 0. The Hall–Kier alpha value is -1.14. The topological polar surface area (TPSA) is 17.1 Å². The van der Waals surface area contributed by atoms with Crippen molar-refractivity contribution in [1.29, 1.82) is 0 Å². The maximum atomic E-state index is 14.7. The first kappa shape index (κ1) is 21.2. The van der Waals surface area contributed by atoms with Crippen LogP contribution in [0.5, 0.6) is 0 Å². The van der Waals surface area contributed by atoms with Crippen molar-refractivity contribution >= 4 is 23.1 Å². The van der Waals surface area contributed by atoms with Gasteiger partial charge in [0.1, 0.15) is 0 Å². The summed E-state index contributed by atoms with van der Waals surface area (Å²) in [6, 6.07) is 19.7. The summed E-state index contributed by atoms with van der Waals surface area (Å²) in [5.74, 6) is 0. The van der Waals surface area contributed by atoms with Gasteiger partial charge in [0.15, 0.2) is 7.14 Å². The van der Waals surface area contributed by atoms with E-state index in [0.29, 0.717) is 0 Å². The van der Waals surface area contributed by atoms with E-state index in [2.05, 4.69) is 34.6 Å². The van der Waals surface area contributed by atoms with Crippen molar-refractivity contribution < 1.29 is 37.3 Å². The van der Waals surface area contributed by atoms with Gasteiger partial charge in [-0.1, -0.05) is 99.5 Å². The van der Waals surface area contributed by atoms with Gasteiger partial charge in [0.25, 0.3) is 0 Å². The predicted molar refractivity (Wildman–Crippen MR) is 109 cm³/mol. The number of benzene rings is 3. The van der Waals surface area contributed by atoms with E-state index in [9.17, 15) is 4.57 Å². The molecule has 0 atom stereocenters. The maximum absolute atomic E-state index is 14.7. The fourth-order valence-electron chi connectivity index (χ4n) is 3.53. The fourth-order valence-corrected chi connectivity index (χ4v) is 6.80. The average Bonchev–Trinajstić information content (AvgIpc) is 2.66. The van der Waals surface area contributed by atoms with Gasteiger partial charge in [-0.2, -0.15) is 12.5 Å². The van der Waals surface area contributed by atoms with E-state index in [0.717, 1.165) is 43.7 Å². The molecule has 26 heavy (non-hydrogen) atoms. The normalized spacial score (nSPS) is 11.1. The Bertz CT molecular complexity index is 890. The zero-order valence-electron chi connectivity index (χ0n) is 15.9. The van der Waals surface area contributed by atoms with Crippen LogP contribution in [0, 0.1) is 34.6 Å². The van der Waals surface area contributed by atoms with E-state index in [4.69, 9.17) is 0 Å². The largest absolute Gasteiger partial charge is 0.309 e. The molecule has 3 aromatic rings. The summed E-state index contributed by atoms with van der Waals surface area (Å²) in [5, 5.41) is 2.72. The van der Waals surface area contributed by atoms with Crippen LogP contribution in [0.15, 0.2) is 60.7 Å². The molecule has 0 saturated carbocycles. The molecule has 3 heteroatoms. The molecule has 0 amide bonds. The summed E-state index contributed by atoms with van der Waals surface area (Å²) >= 11 is 0. The van der Waals surface area contributed by atoms with Crippen molar-refractivity contribution in [2.75, 3.05) is 0 Å². The van der Waals surface area contributed by atoms with E-state index < -0.39 is 7.14 Å². The van der Waals surface area contributed by atoms with E-state index in [-0.39, 0.29) is 32.7 Å². The molecule has 0 fully saturated rings. The zero-order chi connectivity index (χ0) is 18.2. The zero-order valence-corrected chi connectivity index (χ0v) is 19.6. The molecule has 0 N–H and O–H groups in total. The van der Waals surface area contributed by atoms with Gasteiger partial charge in [0, 0.05) is 48.6 Å². The summed E-state index contributed by atoms with van der Waals surface area (Å²) in [5.41, 5.74) is 5.48. The van der Waals surface area contributed by atoms with Gasteiger partial charge in [-0.3, -0.25) is 0 Å². The Balaban J connectivity index is 0.00000243. The first-order valence-corrected chi connectivity index (χ1v) is 10.2. The van der Waals surface area contributed by atoms with Crippen LogP contribution in [-0.4, -0.2) is 0 Å². The first-order valence-electron chi connectivity index (χ1n) is 8.53. The second kappa shape index (κ2) is 8.26. The van der Waals surface area contributed by atoms with Gasteiger partial charge in [0.2, 0.25) is 0 Å². The monoisotopic (exact) mass is 436 g/mol. The van der Waals surface area contributed by atoms with E-state index in [1.807, 2.05) is 60.7 Å². The summed E-state index contributed by atoms with van der Waals surface area (Å²) in [6.45, 7) is 12.5. The van der Waals surface area contributed by atoms with E-state index in [1.54, 1.807) is 0 Å². The van der Waals surface area contributed by atoms with Crippen LogP contribution >= 0.6 is 7.14 Å². The van der Waals surface area contributed by atoms with Gasteiger partial charge in [-0.15, -0.1) is 11.1 Å². The average molecular weight is 436 g/mol. The van der Waals surface area contributed by atoms with Crippen LogP contribution in [0.25, 0.3) is 0 Å². The minimum absolute atomic E-state index is 0. The molecule has 0 heterocycles. The molecule has 3 aromatic carbocycles. The summed E-state index contributed by atoms with van der Waals surface area (Å²) in [4.78, 5) is 0. The third-order valence-electron chi connectivity index (χ3n) is 5.30. The number of rotatable bonds is 3. The Kier molecular flexibility index (Phi) is 6.72. The minimum atomic E-state index is -2.95. The predicted octanol–water partition coefficient (Wildman–Crippen LogP) is 4.74. The molecule has 1 radical (unpaired) electrons. The van der Waals surface area contributed by atoms with Gasteiger partial charge < -0.3 is 4.57 Å². The molecule has 0 unspecified atom stereocenters. The molecular formula is C23H24OPY-. The van der Waals surface area contributed by atoms with Crippen LogP contribution in [0.3, 0.4) is 0 Å². The molecular weight excluding hydrogens is 412 g/mol. The molecule has 0 saturated heterocycles. The Morgan fingerprint density at radius 1 is 0.654 bits per heavy atom. The number of hydrogen-bond donors (Lipinski definition) is 0. The third kappa shape index (κ3) is 3.38. The summed E-state index contributed by atoms with van der Waals surface area (Å²) < 4.78 is 14.7. The summed E-state index contributed by atoms with van der Waals surface area (Å²) in [7, 11) is -2.95. The smallest absolute Gasteiger partial charge is 0.169 e. The first-order chi connectivity index (χ1) is 11.9. The quantitative estimate of drug-likeness (QED) is 0.428. The van der Waals surface area contributed by atoms with Crippen LogP contribution < -0.4 is 15.9 Å². The molecule has 0 aliphatic rings. The van der Waals surface area contributed by atoms with Gasteiger partial charge in [0.05, 0.1) is 0 Å². The SMILES string of the molecule is [CH2-]c1c(C)c(C)c(P(=O)(c2ccccc2)c2ccccc2)c(C)c1C.[Y]. The molecule has 0 spiro atoms. The van der Waals surface area contributed by atoms with Gasteiger partial charge >= 0.3 is 0 Å². The molecule has 0 bridgehead atoms. The van der Waals surface area contributed by atoms with E-state index in [1.165, 1.54) is 0 Å². The molecule has 1 nitrogen and oxygen atoms in total. The van der Waals surface area contributed by atoms with E-state index >= 15 is 0 Å². The Labute approximate surface area is 182 Å². The number of hydrogen-bond acceptors (Lipinski definition) is 1. The molecule has 0 aliphatic carbocycles. The van der Waals surface area contributed by atoms with Crippen LogP contribution in [0.4, 0.5) is 0 Å². The van der Waals surface area contributed by atoms with Crippen LogP contribution in [-0.2, 0) is 37.3 Å². The van der Waals surface area contributed by atoms with Crippen molar-refractivity contribution in [3.63, 3.8) is 0 Å². The van der Waals surface area contributed by atoms with Crippen LogP contribution in [0.2, 0.25) is 0 Å². The van der Waals surface area contributed by atoms with Crippen molar-refractivity contribution in [3.8, 4) is 0 Å². The third-order valence-corrected chi connectivity index (χ3v) is 8.65. The molecule has 0 aliphatic heterocycles. The standard InChI is InChI=1S/C23H24OP.Y/c1-16-17(2)19(4)23(20(5)18(16)3)25(24,21-12-8-6-9-13-21)22-14-10-7-11-15-22;/h6-15H,1H2,2-5H3;/q-1;. The van der Waals surface area contributed by atoms with Crippen molar-refractivity contribution in [3.05, 3.63) is 95.4 Å². The van der Waals surface area contributed by atoms with Crippen molar-refractivity contribution in [1.82, 2.24) is 0 Å². The second-order valence-electron chi connectivity index (χ2n) is 6.61. The molecule has 0 aromatic heterocycles. The van der Waals surface area contributed by atoms with Crippen molar-refractivity contribution in [2.45, 2.75) is 27.7 Å². The minimum Gasteiger partial charge on any atom is -0.309 e. The molecule has 131 valence electrons. The Morgan fingerprint density at radius 2 is 1.00 bits per heavy atom. The Morgan fingerprint density at radius 3 is 1.35 bits per heavy atom. The fraction of sp³-hybridized carbons (Fsp3) is 0.174. The second-order valence-corrected chi connectivity index (χ2v) is 9.31. The van der Waals surface area contributed by atoms with Crippen molar-refractivity contribution in [2.24, 2.45) is 0 Å². The van der Waals surface area contributed by atoms with Gasteiger partial charge in [-0.25, -0.2) is 0 Å². The molecule has 3 rings (SSSR count). The van der Waals surface area contributed by atoms with Crippen LogP contribution in [0.1, 0.15) is 27.8 Å².